The third-order valence-corrected chi connectivity index (χ3v) is 8.78. The van der Waals surface area contributed by atoms with E-state index in [2.05, 4.69) is 36.6 Å². The van der Waals surface area contributed by atoms with Crippen LogP contribution in [0.1, 0.15) is 62.4 Å². The van der Waals surface area contributed by atoms with Gasteiger partial charge >= 0.3 is 12.1 Å². The second kappa shape index (κ2) is 16.4. The van der Waals surface area contributed by atoms with Crippen LogP contribution in [-0.2, 0) is 20.7 Å². The van der Waals surface area contributed by atoms with Crippen LogP contribution < -0.4 is 20.7 Å². The van der Waals surface area contributed by atoms with Gasteiger partial charge in [-0.15, -0.1) is 10.2 Å². The summed E-state index contributed by atoms with van der Waals surface area (Å²) in [4.78, 5) is 50.8. The molecule has 0 bridgehead atoms. The van der Waals surface area contributed by atoms with Crippen molar-refractivity contribution in [2.24, 2.45) is 11.8 Å². The molecule has 15 heteroatoms. The minimum Gasteiger partial charge on any atom is -0.493 e. The Labute approximate surface area is 299 Å². The first-order valence-corrected chi connectivity index (χ1v) is 16.9. The van der Waals surface area contributed by atoms with E-state index in [9.17, 15) is 28.7 Å². The molecule has 52 heavy (non-hydrogen) atoms. The highest BCUT2D eigenvalue weighted by atomic mass is 19.1. The number of carbonyl (C=O) groups excluding carboxylic acids is 3. The van der Waals surface area contributed by atoms with Crippen LogP contribution in [0, 0.1) is 17.7 Å². The molecule has 1 atom stereocenters. The Kier molecular flexibility index (Phi) is 11.8. The molecule has 5 N–H and O–H groups in total. The minimum absolute atomic E-state index is 0.150. The Bertz CT molecular complexity index is 1870. The molecule has 14 nitrogen and oxygen atoms in total. The van der Waals surface area contributed by atoms with Crippen LogP contribution in [0.4, 0.5) is 14.9 Å². The van der Waals surface area contributed by atoms with Crippen molar-refractivity contribution in [2.75, 3.05) is 19.0 Å². The molecule has 1 unspecified atom stereocenters. The number of nitrogens with one attached hydrogen (secondary N) is 4. The normalized spacial score (nSPS) is 16.3. The maximum absolute atomic E-state index is 14.9. The molecular formula is C37H42FN7O7. The average molecular weight is 716 g/mol. The number of halogens is 1. The number of aromatic carboxylic acids is 1. The van der Waals surface area contributed by atoms with Crippen molar-refractivity contribution in [3.8, 4) is 28.3 Å². The Morgan fingerprint density at radius 3 is 2.23 bits per heavy atom. The highest BCUT2D eigenvalue weighted by Gasteiger charge is 2.30. The Morgan fingerprint density at radius 1 is 0.962 bits per heavy atom. The molecule has 3 amide bonds. The molecule has 1 aromatic heterocycles. The number of anilines is 1. The monoisotopic (exact) mass is 715 g/mol. The second-order valence-electron chi connectivity index (χ2n) is 13.7. The average Bonchev–Trinajstić information content (AvgIpc) is 3.66. The van der Waals surface area contributed by atoms with Crippen LogP contribution in [0.25, 0.3) is 22.5 Å². The first-order valence-electron chi connectivity index (χ1n) is 16.9. The van der Waals surface area contributed by atoms with Crippen molar-refractivity contribution in [2.45, 2.75) is 64.5 Å². The summed E-state index contributed by atoms with van der Waals surface area (Å²) in [7, 11) is 1.26. The number of aromatic nitrogens is 4. The molecule has 1 aliphatic carbocycles. The topological polar surface area (TPSA) is 198 Å². The summed E-state index contributed by atoms with van der Waals surface area (Å²) in [5, 5.41) is 31.9. The van der Waals surface area contributed by atoms with E-state index >= 15 is 0 Å². The zero-order chi connectivity index (χ0) is 37.4. The van der Waals surface area contributed by atoms with Crippen LogP contribution in [-0.4, -0.2) is 74.9 Å². The van der Waals surface area contributed by atoms with Crippen molar-refractivity contribution < 1.29 is 38.1 Å². The fourth-order valence-corrected chi connectivity index (χ4v) is 6.09. The van der Waals surface area contributed by atoms with Gasteiger partial charge in [-0.25, -0.2) is 14.0 Å². The predicted molar refractivity (Wildman–Crippen MR) is 189 cm³/mol. The first-order chi connectivity index (χ1) is 24.8. The van der Waals surface area contributed by atoms with Gasteiger partial charge in [-0.3, -0.25) is 9.59 Å². The number of methoxy groups -OCH3 is 1. The molecule has 1 aliphatic rings. The van der Waals surface area contributed by atoms with Gasteiger partial charge in [0.15, 0.2) is 11.6 Å². The van der Waals surface area contributed by atoms with E-state index in [1.54, 1.807) is 69.3 Å². The number of alkyl carbamates (subject to hydrolysis) is 1. The number of carboxylic acids is 1. The molecule has 4 aromatic rings. The predicted octanol–water partition coefficient (Wildman–Crippen LogP) is 5.38. The number of rotatable bonds is 12. The van der Waals surface area contributed by atoms with E-state index < -0.39 is 41.0 Å². The third kappa shape index (κ3) is 9.68. The fourth-order valence-electron chi connectivity index (χ4n) is 6.09. The maximum Gasteiger partial charge on any atom is 0.407 e. The summed E-state index contributed by atoms with van der Waals surface area (Å²) < 4.78 is 25.4. The van der Waals surface area contributed by atoms with E-state index in [0.29, 0.717) is 47.6 Å². The molecule has 1 heterocycles. The van der Waals surface area contributed by atoms with Gasteiger partial charge in [0, 0.05) is 35.7 Å². The van der Waals surface area contributed by atoms with Crippen molar-refractivity contribution in [1.82, 2.24) is 31.3 Å². The van der Waals surface area contributed by atoms with Crippen LogP contribution in [0.5, 0.6) is 5.75 Å². The third-order valence-electron chi connectivity index (χ3n) is 8.78. The molecule has 1 saturated carbocycles. The number of nitrogens with zero attached hydrogens (tertiary/aromatic N) is 3. The van der Waals surface area contributed by atoms with E-state index in [4.69, 9.17) is 9.47 Å². The highest BCUT2D eigenvalue weighted by Crippen LogP contribution is 2.35. The van der Waals surface area contributed by atoms with E-state index in [-0.39, 0.29) is 29.9 Å². The second-order valence-corrected chi connectivity index (χ2v) is 13.7. The van der Waals surface area contributed by atoms with Crippen LogP contribution in [0.15, 0.2) is 60.7 Å². The van der Waals surface area contributed by atoms with Gasteiger partial charge in [0.1, 0.15) is 11.6 Å². The number of aromatic amines is 1. The number of carbonyl (C=O) groups is 4. The quantitative estimate of drug-likeness (QED) is 0.127. The lowest BCUT2D eigenvalue weighted by Gasteiger charge is -2.29. The van der Waals surface area contributed by atoms with Crippen molar-refractivity contribution >= 4 is 29.6 Å². The van der Waals surface area contributed by atoms with Gasteiger partial charge in [0.25, 0.3) is 0 Å². The van der Waals surface area contributed by atoms with Crippen LogP contribution in [0.3, 0.4) is 0 Å². The lowest BCUT2D eigenvalue weighted by Crippen LogP contribution is -2.48. The lowest BCUT2D eigenvalue weighted by molar-refractivity contribution is -0.130. The minimum atomic E-state index is -1.41. The molecule has 274 valence electrons. The van der Waals surface area contributed by atoms with Gasteiger partial charge in [-0.05, 0) is 105 Å². The van der Waals surface area contributed by atoms with Crippen molar-refractivity contribution in [1.29, 1.82) is 0 Å². The van der Waals surface area contributed by atoms with Crippen molar-refractivity contribution in [3.05, 3.63) is 77.6 Å². The Balaban J connectivity index is 1.28. The maximum atomic E-state index is 14.9. The van der Waals surface area contributed by atoms with E-state index in [1.165, 1.54) is 19.2 Å². The number of hydrogen-bond acceptors (Lipinski definition) is 9. The summed E-state index contributed by atoms with van der Waals surface area (Å²) in [5.74, 6) is -2.94. The Morgan fingerprint density at radius 2 is 1.63 bits per heavy atom. The van der Waals surface area contributed by atoms with Gasteiger partial charge in [-0.2, -0.15) is 5.21 Å². The standard InChI is InChI=1S/C37H42FN7O7/c1-37(2,3)52-36(50)39-20-22-7-11-25(12-8-22)33(46)41-29(34(47)40-26-15-13-24(14-16-26)32-42-44-45-43-32)19-21-5-9-23(10-6-21)27-17-18-28(35(48)49)30(38)31(27)51-4/h5-6,9-10,13-18,22,25,29H,7-8,11-12,19-20H2,1-4H3,(H,39,50)(H,40,47)(H,41,46)(H,48,49)(H,42,43,44,45). The summed E-state index contributed by atoms with van der Waals surface area (Å²) in [5.41, 5.74) is 1.76. The summed E-state index contributed by atoms with van der Waals surface area (Å²) in [6.07, 6.45) is 2.35. The molecule has 1 fully saturated rings. The molecule has 3 aromatic carbocycles. The van der Waals surface area contributed by atoms with E-state index in [0.717, 1.165) is 18.4 Å². The van der Waals surface area contributed by atoms with Crippen LogP contribution >= 0.6 is 0 Å². The van der Waals surface area contributed by atoms with Crippen molar-refractivity contribution in [3.63, 3.8) is 0 Å². The van der Waals surface area contributed by atoms with Crippen LogP contribution in [0.2, 0.25) is 0 Å². The molecule has 0 aliphatic heterocycles. The number of amides is 3. The molecular weight excluding hydrogens is 673 g/mol. The number of hydrogen-bond donors (Lipinski definition) is 5. The van der Waals surface area contributed by atoms with Gasteiger partial charge < -0.3 is 30.5 Å². The largest absolute Gasteiger partial charge is 0.493 e. The van der Waals surface area contributed by atoms with Gasteiger partial charge in [0.2, 0.25) is 17.6 Å². The molecule has 0 radical (unpaired) electrons. The Hall–Kier alpha value is -5.86. The summed E-state index contributed by atoms with van der Waals surface area (Å²) in [6, 6.07) is 15.5. The smallest absolute Gasteiger partial charge is 0.407 e. The number of tetrazole rings is 1. The number of benzene rings is 3. The summed E-state index contributed by atoms with van der Waals surface area (Å²) in [6.45, 7) is 5.86. The SMILES string of the molecule is COc1c(-c2ccc(CC(NC(=O)C3CCC(CNC(=O)OC(C)(C)C)CC3)C(=O)Nc3ccc(-c4nn[nH]n4)cc3)cc2)ccc(C(=O)O)c1F. The zero-order valence-corrected chi connectivity index (χ0v) is 29.4. The van der Waals surface area contributed by atoms with Gasteiger partial charge in [-0.1, -0.05) is 24.3 Å². The molecule has 0 saturated heterocycles. The number of ether oxygens (including phenoxy) is 2. The number of carboxylic acid groups (broad SMARTS) is 1. The number of H-pyrrole nitrogens is 1. The molecule has 5 rings (SSSR count). The highest BCUT2D eigenvalue weighted by molar-refractivity contribution is 5.98. The molecule has 0 spiro atoms. The lowest BCUT2D eigenvalue weighted by atomic mass is 9.81. The van der Waals surface area contributed by atoms with E-state index in [1.807, 2.05) is 0 Å². The van der Waals surface area contributed by atoms with Gasteiger partial charge in [0.05, 0.1) is 12.7 Å². The summed E-state index contributed by atoms with van der Waals surface area (Å²) >= 11 is 0. The fraction of sp³-hybridized carbons (Fsp3) is 0.378. The first kappa shape index (κ1) is 37.4. The zero-order valence-electron chi connectivity index (χ0n) is 29.4.